The molecule has 0 saturated carbocycles. The molecule has 5 heterocycles. The number of nitrogens with one attached hydrogen (secondary N) is 2. The monoisotopic (exact) mass is 377 g/mol. The highest BCUT2D eigenvalue weighted by atomic mass is 16.3. The average Bonchev–Trinajstić information content (AvgIpc) is 3.52. The van der Waals surface area contributed by atoms with Crippen molar-refractivity contribution >= 4 is 21.9 Å². The second kappa shape index (κ2) is 6.17. The molecule has 0 atom stereocenters. The number of H-pyrrole nitrogens is 2. The van der Waals surface area contributed by atoms with Crippen LogP contribution in [-0.4, -0.2) is 25.1 Å². The SMILES string of the molecule is c1ccc(-c2cnc3n[nH]c(-c4cc5c(-c6ccoc6)cccc5[nH]4)c3c2)nc1. The van der Waals surface area contributed by atoms with E-state index in [-0.39, 0.29) is 0 Å². The molecule has 0 radical (unpaired) electrons. The van der Waals surface area contributed by atoms with Gasteiger partial charge in [0.25, 0.3) is 0 Å². The van der Waals surface area contributed by atoms with Gasteiger partial charge in [-0.25, -0.2) is 4.98 Å². The van der Waals surface area contributed by atoms with E-state index >= 15 is 0 Å². The van der Waals surface area contributed by atoms with Crippen LogP contribution in [0.15, 0.2) is 83.9 Å². The Morgan fingerprint density at radius 2 is 1.86 bits per heavy atom. The summed E-state index contributed by atoms with van der Waals surface area (Å²) in [6, 6.07) is 18.2. The molecule has 2 N–H and O–H groups in total. The molecule has 0 spiro atoms. The van der Waals surface area contributed by atoms with Crippen LogP contribution in [0.5, 0.6) is 0 Å². The lowest BCUT2D eigenvalue weighted by Gasteiger charge is -2.00. The van der Waals surface area contributed by atoms with E-state index in [1.165, 1.54) is 0 Å². The van der Waals surface area contributed by atoms with Gasteiger partial charge in [0.2, 0.25) is 0 Å². The maximum atomic E-state index is 5.27. The van der Waals surface area contributed by atoms with Crippen molar-refractivity contribution in [3.63, 3.8) is 0 Å². The molecule has 138 valence electrons. The third-order valence-electron chi connectivity index (χ3n) is 5.14. The average molecular weight is 377 g/mol. The summed E-state index contributed by atoms with van der Waals surface area (Å²) < 4.78 is 5.27. The van der Waals surface area contributed by atoms with Gasteiger partial charge in [0.1, 0.15) is 0 Å². The first-order valence-electron chi connectivity index (χ1n) is 9.27. The van der Waals surface area contributed by atoms with Gasteiger partial charge in [0, 0.05) is 39.8 Å². The van der Waals surface area contributed by atoms with Crippen molar-refractivity contribution in [2.75, 3.05) is 0 Å². The summed E-state index contributed by atoms with van der Waals surface area (Å²) in [7, 11) is 0. The standard InChI is InChI=1S/C23H15N5O/c1-2-8-24-19(5-1)15-10-18-22(27-28-23(18)25-12-15)21-11-17-16(14-7-9-29-13-14)4-3-6-20(17)26-21/h1-13,26H,(H,25,27,28). The van der Waals surface area contributed by atoms with Crippen LogP contribution in [0.2, 0.25) is 0 Å². The second-order valence-electron chi connectivity index (χ2n) is 6.87. The van der Waals surface area contributed by atoms with Crippen molar-refractivity contribution < 1.29 is 4.42 Å². The zero-order chi connectivity index (χ0) is 19.2. The first-order valence-corrected chi connectivity index (χ1v) is 9.27. The topological polar surface area (TPSA) is 83.4 Å². The molecule has 0 bridgehead atoms. The summed E-state index contributed by atoms with van der Waals surface area (Å²) in [4.78, 5) is 12.4. The molecular weight excluding hydrogens is 362 g/mol. The number of aromatic amines is 2. The van der Waals surface area contributed by atoms with Crippen LogP contribution >= 0.6 is 0 Å². The molecule has 6 nitrogen and oxygen atoms in total. The second-order valence-corrected chi connectivity index (χ2v) is 6.87. The fraction of sp³-hybridized carbons (Fsp3) is 0. The molecule has 0 amide bonds. The van der Waals surface area contributed by atoms with Crippen LogP contribution in [0.1, 0.15) is 0 Å². The molecule has 0 aliphatic heterocycles. The van der Waals surface area contributed by atoms with Crippen molar-refractivity contribution in [2.24, 2.45) is 0 Å². The van der Waals surface area contributed by atoms with Gasteiger partial charge in [-0.15, -0.1) is 0 Å². The van der Waals surface area contributed by atoms with E-state index in [2.05, 4.69) is 49.4 Å². The minimum atomic E-state index is 0.674. The van der Waals surface area contributed by atoms with Crippen LogP contribution in [0.4, 0.5) is 0 Å². The van der Waals surface area contributed by atoms with E-state index in [1.807, 2.05) is 30.3 Å². The lowest BCUT2D eigenvalue weighted by molar-refractivity contribution is 0.568. The van der Waals surface area contributed by atoms with Crippen molar-refractivity contribution in [3.8, 4) is 33.8 Å². The van der Waals surface area contributed by atoms with E-state index < -0.39 is 0 Å². The summed E-state index contributed by atoms with van der Waals surface area (Å²) in [5, 5.41) is 9.60. The summed E-state index contributed by atoms with van der Waals surface area (Å²) in [6.07, 6.45) is 7.04. The summed E-state index contributed by atoms with van der Waals surface area (Å²) in [5.74, 6) is 0. The fourth-order valence-electron chi connectivity index (χ4n) is 3.74. The number of hydrogen-bond acceptors (Lipinski definition) is 4. The maximum Gasteiger partial charge on any atom is 0.181 e. The molecule has 0 aliphatic carbocycles. The van der Waals surface area contributed by atoms with Gasteiger partial charge >= 0.3 is 0 Å². The Morgan fingerprint density at radius 3 is 2.72 bits per heavy atom. The van der Waals surface area contributed by atoms with Crippen LogP contribution in [0, 0.1) is 0 Å². The predicted molar refractivity (Wildman–Crippen MR) is 112 cm³/mol. The lowest BCUT2D eigenvalue weighted by atomic mass is 10.0. The fourth-order valence-corrected chi connectivity index (χ4v) is 3.74. The number of hydrogen-bond donors (Lipinski definition) is 2. The van der Waals surface area contributed by atoms with Crippen LogP contribution in [0.25, 0.3) is 55.7 Å². The summed E-state index contributed by atoms with van der Waals surface area (Å²) in [6.45, 7) is 0. The van der Waals surface area contributed by atoms with E-state index in [9.17, 15) is 0 Å². The molecule has 29 heavy (non-hydrogen) atoms. The third-order valence-corrected chi connectivity index (χ3v) is 5.14. The molecule has 6 rings (SSSR count). The van der Waals surface area contributed by atoms with E-state index in [0.29, 0.717) is 5.65 Å². The van der Waals surface area contributed by atoms with Gasteiger partial charge in [-0.1, -0.05) is 18.2 Å². The number of pyridine rings is 2. The molecule has 0 unspecified atom stereocenters. The smallest absolute Gasteiger partial charge is 0.181 e. The number of fused-ring (bicyclic) bond motifs is 2. The Balaban J connectivity index is 1.53. The molecule has 6 aromatic rings. The van der Waals surface area contributed by atoms with Gasteiger partial charge in [0.15, 0.2) is 5.65 Å². The van der Waals surface area contributed by atoms with Crippen LogP contribution in [0.3, 0.4) is 0 Å². The van der Waals surface area contributed by atoms with Gasteiger partial charge in [-0.05, 0) is 42.0 Å². The third kappa shape index (κ3) is 2.54. The normalized spacial score (nSPS) is 11.4. The lowest BCUT2D eigenvalue weighted by Crippen LogP contribution is -1.85. The number of benzene rings is 1. The molecule has 1 aromatic carbocycles. The maximum absolute atomic E-state index is 5.27. The van der Waals surface area contributed by atoms with Crippen LogP contribution in [-0.2, 0) is 0 Å². The van der Waals surface area contributed by atoms with E-state index in [1.54, 1.807) is 24.9 Å². The number of nitrogens with zero attached hydrogens (tertiary/aromatic N) is 3. The zero-order valence-electron chi connectivity index (χ0n) is 15.3. The van der Waals surface area contributed by atoms with Crippen molar-refractivity contribution in [1.29, 1.82) is 0 Å². The highest BCUT2D eigenvalue weighted by molar-refractivity contribution is 6.01. The largest absolute Gasteiger partial charge is 0.472 e. The van der Waals surface area contributed by atoms with Gasteiger partial charge in [-0.3, -0.25) is 10.1 Å². The number of rotatable bonds is 3. The Kier molecular flexibility index (Phi) is 3.37. The Morgan fingerprint density at radius 1 is 0.862 bits per heavy atom. The molecule has 0 fully saturated rings. The van der Waals surface area contributed by atoms with Crippen molar-refractivity contribution in [1.82, 2.24) is 25.1 Å². The minimum absolute atomic E-state index is 0.674. The van der Waals surface area contributed by atoms with Gasteiger partial charge in [0.05, 0.1) is 29.6 Å². The highest BCUT2D eigenvalue weighted by Gasteiger charge is 2.15. The Hall–Kier alpha value is -4.19. The highest BCUT2D eigenvalue weighted by Crippen LogP contribution is 2.34. The molecule has 0 saturated heterocycles. The molecular formula is C23H15N5O. The number of aromatic nitrogens is 5. The Bertz CT molecular complexity index is 1450. The molecule has 0 aliphatic rings. The summed E-state index contributed by atoms with van der Waals surface area (Å²) >= 11 is 0. The first kappa shape index (κ1) is 15.8. The number of furan rings is 1. The van der Waals surface area contributed by atoms with Crippen molar-refractivity contribution in [3.05, 3.63) is 79.5 Å². The zero-order valence-corrected chi connectivity index (χ0v) is 15.3. The quantitative estimate of drug-likeness (QED) is 0.431. The minimum Gasteiger partial charge on any atom is -0.472 e. The van der Waals surface area contributed by atoms with Gasteiger partial charge in [-0.2, -0.15) is 5.10 Å². The van der Waals surface area contributed by atoms with E-state index in [4.69, 9.17) is 4.42 Å². The van der Waals surface area contributed by atoms with E-state index in [0.717, 1.165) is 50.1 Å². The first-order chi connectivity index (χ1) is 14.4. The molecule has 5 aromatic heterocycles. The molecule has 6 heteroatoms. The van der Waals surface area contributed by atoms with Crippen molar-refractivity contribution in [2.45, 2.75) is 0 Å². The Labute approximate surface area is 165 Å². The summed E-state index contributed by atoms with van der Waals surface area (Å²) in [5.41, 5.74) is 7.59. The van der Waals surface area contributed by atoms with Gasteiger partial charge < -0.3 is 9.40 Å². The van der Waals surface area contributed by atoms with Crippen LogP contribution < -0.4 is 0 Å². The predicted octanol–water partition coefficient (Wildman–Crippen LogP) is 5.43.